The van der Waals surface area contributed by atoms with Crippen molar-refractivity contribution < 1.29 is 22.7 Å². The summed E-state index contributed by atoms with van der Waals surface area (Å²) in [6.07, 6.45) is -4.63. The molecule has 0 unspecified atom stereocenters. The summed E-state index contributed by atoms with van der Waals surface area (Å²) in [6, 6.07) is 4.81. The molecule has 1 aromatic carbocycles. The highest BCUT2D eigenvalue weighted by Crippen LogP contribution is 2.34. The summed E-state index contributed by atoms with van der Waals surface area (Å²) in [6.45, 7) is 4.91. The fourth-order valence-electron chi connectivity index (χ4n) is 1.76. The van der Waals surface area contributed by atoms with Crippen LogP contribution >= 0.6 is 0 Å². The third kappa shape index (κ3) is 4.95. The molecule has 0 aliphatic heterocycles. The molecule has 0 aliphatic carbocycles. The Morgan fingerprint density at radius 1 is 1.32 bits per heavy atom. The molecule has 0 bridgehead atoms. The van der Waals surface area contributed by atoms with E-state index in [0.717, 1.165) is 12.1 Å². The van der Waals surface area contributed by atoms with Gasteiger partial charge >= 0.3 is 12.1 Å². The molecule has 0 amide bonds. The Balaban J connectivity index is 2.98. The topological polar surface area (TPSA) is 53.3 Å². The minimum Gasteiger partial charge on any atom is -0.459 e. The van der Waals surface area contributed by atoms with Gasteiger partial charge in [0.25, 0.3) is 0 Å². The summed E-state index contributed by atoms with van der Waals surface area (Å²) in [5, 5.41) is 8.75. The van der Waals surface area contributed by atoms with Crippen LogP contribution in [0.3, 0.4) is 0 Å². The zero-order valence-electron chi connectivity index (χ0n) is 12.8. The van der Waals surface area contributed by atoms with E-state index >= 15 is 0 Å². The normalized spacial score (nSPS) is 11.7. The van der Waals surface area contributed by atoms with Crippen molar-refractivity contribution in [2.45, 2.75) is 32.5 Å². The van der Waals surface area contributed by atoms with E-state index in [2.05, 4.69) is 0 Å². The molecule has 0 radical (unpaired) electrons. The maximum atomic E-state index is 12.9. The molecule has 0 spiro atoms. The molecular weight excluding hydrogens is 297 g/mol. The first-order chi connectivity index (χ1) is 9.94. The van der Waals surface area contributed by atoms with Gasteiger partial charge in [-0.05, 0) is 39.0 Å². The molecule has 0 saturated heterocycles. The Bertz CT molecular complexity index is 598. The van der Waals surface area contributed by atoms with Crippen LogP contribution in [-0.2, 0) is 15.7 Å². The molecule has 0 atom stereocenters. The highest BCUT2D eigenvalue weighted by molar-refractivity contribution is 5.76. The van der Waals surface area contributed by atoms with Crippen LogP contribution in [-0.4, -0.2) is 25.2 Å². The van der Waals surface area contributed by atoms with Crippen molar-refractivity contribution in [1.29, 1.82) is 5.26 Å². The van der Waals surface area contributed by atoms with Gasteiger partial charge in [0.1, 0.15) is 12.1 Å². The Kier molecular flexibility index (Phi) is 5.07. The molecule has 22 heavy (non-hydrogen) atoms. The fourth-order valence-corrected chi connectivity index (χ4v) is 1.76. The number of likely N-dealkylation sites (N-methyl/N-ethyl adjacent to an activating group) is 1. The molecule has 0 heterocycles. The van der Waals surface area contributed by atoms with Crippen molar-refractivity contribution in [3.05, 3.63) is 29.3 Å². The minimum atomic E-state index is -4.63. The van der Waals surface area contributed by atoms with Gasteiger partial charge in [-0.3, -0.25) is 4.79 Å². The number of esters is 1. The van der Waals surface area contributed by atoms with Gasteiger partial charge in [-0.1, -0.05) is 0 Å². The van der Waals surface area contributed by atoms with E-state index in [-0.39, 0.29) is 12.2 Å². The molecule has 0 aliphatic rings. The van der Waals surface area contributed by atoms with Crippen molar-refractivity contribution in [3.63, 3.8) is 0 Å². The lowest BCUT2D eigenvalue weighted by Crippen LogP contribution is -2.32. The second-order valence-electron chi connectivity index (χ2n) is 5.78. The van der Waals surface area contributed by atoms with E-state index in [1.54, 1.807) is 20.8 Å². The van der Waals surface area contributed by atoms with Crippen LogP contribution in [0.2, 0.25) is 0 Å². The summed E-state index contributed by atoms with van der Waals surface area (Å²) < 4.78 is 43.8. The number of benzene rings is 1. The number of hydrogen-bond donors (Lipinski definition) is 0. The number of nitrogens with zero attached hydrogens (tertiary/aromatic N) is 2. The third-order valence-corrected chi connectivity index (χ3v) is 2.66. The van der Waals surface area contributed by atoms with E-state index < -0.39 is 28.9 Å². The van der Waals surface area contributed by atoms with Gasteiger partial charge in [-0.2, -0.15) is 18.4 Å². The molecule has 0 fully saturated rings. The van der Waals surface area contributed by atoms with E-state index in [4.69, 9.17) is 10.00 Å². The summed E-state index contributed by atoms with van der Waals surface area (Å²) in [5.41, 5.74) is -1.97. The van der Waals surface area contributed by atoms with Crippen molar-refractivity contribution in [2.75, 3.05) is 18.5 Å². The quantitative estimate of drug-likeness (QED) is 0.803. The molecule has 120 valence electrons. The lowest BCUT2D eigenvalue weighted by molar-refractivity contribution is -0.152. The van der Waals surface area contributed by atoms with Crippen LogP contribution in [0.1, 0.15) is 31.9 Å². The first-order valence-corrected chi connectivity index (χ1v) is 6.48. The lowest BCUT2D eigenvalue weighted by atomic mass is 10.1. The van der Waals surface area contributed by atoms with Crippen molar-refractivity contribution in [1.82, 2.24) is 0 Å². The predicted molar refractivity (Wildman–Crippen MR) is 75.3 cm³/mol. The number of carbonyl (C=O) groups excluding carboxylic acids is 1. The predicted octanol–water partition coefficient (Wildman–Crippen LogP) is 3.35. The van der Waals surface area contributed by atoms with Gasteiger partial charge in [0.2, 0.25) is 0 Å². The molecule has 1 aromatic rings. The lowest BCUT2D eigenvalue weighted by Gasteiger charge is -2.24. The first-order valence-electron chi connectivity index (χ1n) is 6.48. The smallest absolute Gasteiger partial charge is 0.417 e. The summed E-state index contributed by atoms with van der Waals surface area (Å²) >= 11 is 0. The van der Waals surface area contributed by atoms with Crippen molar-refractivity contribution in [2.24, 2.45) is 0 Å². The van der Waals surface area contributed by atoms with E-state index in [0.29, 0.717) is 0 Å². The maximum absolute atomic E-state index is 12.9. The summed E-state index contributed by atoms with van der Waals surface area (Å²) in [5.74, 6) is -0.548. The van der Waals surface area contributed by atoms with E-state index in [9.17, 15) is 18.0 Å². The van der Waals surface area contributed by atoms with Gasteiger partial charge in [0.05, 0.1) is 17.2 Å². The van der Waals surface area contributed by atoms with Gasteiger partial charge < -0.3 is 9.64 Å². The molecule has 4 nitrogen and oxygen atoms in total. The molecule has 0 aromatic heterocycles. The van der Waals surface area contributed by atoms with Crippen molar-refractivity contribution in [3.8, 4) is 6.07 Å². The monoisotopic (exact) mass is 314 g/mol. The Labute approximate surface area is 127 Å². The van der Waals surface area contributed by atoms with Crippen LogP contribution in [0.25, 0.3) is 0 Å². The second kappa shape index (κ2) is 6.26. The average molecular weight is 314 g/mol. The van der Waals surface area contributed by atoms with Crippen LogP contribution in [0.5, 0.6) is 0 Å². The molecule has 0 saturated carbocycles. The van der Waals surface area contributed by atoms with Crippen LogP contribution in [0, 0.1) is 11.3 Å². The van der Waals surface area contributed by atoms with Crippen LogP contribution in [0.15, 0.2) is 18.2 Å². The van der Waals surface area contributed by atoms with E-state index in [1.165, 1.54) is 24.1 Å². The number of carbonyl (C=O) groups is 1. The fraction of sp³-hybridized carbons (Fsp3) is 0.467. The summed E-state index contributed by atoms with van der Waals surface area (Å²) in [4.78, 5) is 13.0. The number of halogens is 3. The number of nitriles is 1. The van der Waals surface area contributed by atoms with Gasteiger partial charge in [0.15, 0.2) is 0 Å². The number of rotatable bonds is 3. The third-order valence-electron chi connectivity index (χ3n) is 2.66. The molecular formula is C15H17F3N2O2. The zero-order valence-corrected chi connectivity index (χ0v) is 12.8. The minimum absolute atomic E-state index is 0.178. The first kappa shape index (κ1) is 17.8. The number of alkyl halides is 3. The average Bonchev–Trinajstić information content (AvgIpc) is 2.34. The molecule has 1 rings (SSSR count). The molecule has 0 N–H and O–H groups in total. The highest BCUT2D eigenvalue weighted by Gasteiger charge is 2.34. The second-order valence-corrected chi connectivity index (χ2v) is 5.78. The maximum Gasteiger partial charge on any atom is 0.417 e. The number of anilines is 1. The van der Waals surface area contributed by atoms with Crippen LogP contribution in [0.4, 0.5) is 18.9 Å². The number of ether oxygens (including phenoxy) is 1. The van der Waals surface area contributed by atoms with Crippen LogP contribution < -0.4 is 4.90 Å². The Morgan fingerprint density at radius 2 is 1.91 bits per heavy atom. The van der Waals surface area contributed by atoms with E-state index in [1.807, 2.05) is 0 Å². The van der Waals surface area contributed by atoms with Gasteiger partial charge in [0, 0.05) is 12.7 Å². The molecule has 7 heteroatoms. The highest BCUT2D eigenvalue weighted by atomic mass is 19.4. The Hall–Kier alpha value is -2.23. The summed E-state index contributed by atoms with van der Waals surface area (Å²) in [7, 11) is 1.48. The Morgan fingerprint density at radius 3 is 2.36 bits per heavy atom. The SMILES string of the molecule is CN(CC(=O)OC(C)(C)C)c1ccc(C#N)c(C(F)(F)F)c1. The largest absolute Gasteiger partial charge is 0.459 e. The standard InChI is InChI=1S/C15H17F3N2O2/c1-14(2,3)22-13(21)9-20(4)11-6-5-10(8-19)12(7-11)15(16,17)18/h5-7H,9H2,1-4H3. The van der Waals surface area contributed by atoms with Gasteiger partial charge in [-0.25, -0.2) is 0 Å². The zero-order chi connectivity index (χ0) is 17.1. The van der Waals surface area contributed by atoms with Crippen molar-refractivity contribution >= 4 is 11.7 Å². The number of hydrogen-bond acceptors (Lipinski definition) is 4. The van der Waals surface area contributed by atoms with Gasteiger partial charge in [-0.15, -0.1) is 0 Å².